The smallest absolute Gasteiger partial charge is 0.0949 e. The van der Waals surface area contributed by atoms with E-state index in [2.05, 4.69) is 48.0 Å². The van der Waals surface area contributed by atoms with Gasteiger partial charge in [0.25, 0.3) is 0 Å². The van der Waals surface area contributed by atoms with Crippen LogP contribution in [-0.4, -0.2) is 0 Å². The highest BCUT2D eigenvalue weighted by Gasteiger charge is 2.12. The van der Waals surface area contributed by atoms with Crippen LogP contribution in [0.1, 0.15) is 40.9 Å². The predicted molar refractivity (Wildman–Crippen MR) is 74.7 cm³/mol. The normalized spacial score (nSPS) is 12.6. The molecule has 0 saturated heterocycles. The summed E-state index contributed by atoms with van der Waals surface area (Å²) in [5, 5.41) is 0. The molecule has 0 aliphatic rings. The Balaban J connectivity index is 2.33. The van der Waals surface area contributed by atoms with Gasteiger partial charge in [0.1, 0.15) is 0 Å². The summed E-state index contributed by atoms with van der Waals surface area (Å²) in [6.45, 7) is 4.41. The van der Waals surface area contributed by atoms with Crippen molar-refractivity contribution >= 4 is 15.9 Å². The molecule has 0 saturated carbocycles. The van der Waals surface area contributed by atoms with Crippen molar-refractivity contribution in [2.24, 2.45) is 0 Å². The van der Waals surface area contributed by atoms with E-state index < -0.39 is 0 Å². The van der Waals surface area contributed by atoms with Gasteiger partial charge in [-0.3, -0.25) is 0 Å². The van der Waals surface area contributed by atoms with Crippen LogP contribution in [0.3, 0.4) is 0 Å². The average Bonchev–Trinajstić information content (AvgIpc) is 2.90. The SMILES string of the molecule is CCc1ccc(C(Br)c2ccoc2)cc1CC. The molecule has 0 fully saturated rings. The van der Waals surface area contributed by atoms with Gasteiger partial charge < -0.3 is 4.42 Å². The van der Waals surface area contributed by atoms with Crippen LogP contribution in [0.25, 0.3) is 0 Å². The molecule has 0 radical (unpaired) electrons. The first-order chi connectivity index (χ1) is 8.26. The zero-order valence-corrected chi connectivity index (χ0v) is 11.8. The molecule has 1 heterocycles. The van der Waals surface area contributed by atoms with Crippen LogP contribution in [-0.2, 0) is 12.8 Å². The lowest BCUT2D eigenvalue weighted by Crippen LogP contribution is -1.96. The number of hydrogen-bond acceptors (Lipinski definition) is 1. The molecule has 0 amide bonds. The fourth-order valence-electron chi connectivity index (χ4n) is 2.09. The molecule has 0 aliphatic heterocycles. The molecular weight excluding hydrogens is 276 g/mol. The molecule has 90 valence electrons. The topological polar surface area (TPSA) is 13.1 Å². The van der Waals surface area contributed by atoms with Gasteiger partial charge in [-0.05, 0) is 35.6 Å². The third-order valence-corrected chi connectivity index (χ3v) is 4.18. The first kappa shape index (κ1) is 12.4. The minimum absolute atomic E-state index is 0.220. The minimum atomic E-state index is 0.220. The van der Waals surface area contributed by atoms with E-state index in [1.54, 1.807) is 12.5 Å². The largest absolute Gasteiger partial charge is 0.472 e. The highest BCUT2D eigenvalue weighted by atomic mass is 79.9. The molecule has 0 spiro atoms. The fourth-order valence-corrected chi connectivity index (χ4v) is 2.63. The molecule has 1 aromatic heterocycles. The average molecular weight is 293 g/mol. The van der Waals surface area contributed by atoms with Crippen molar-refractivity contribution < 1.29 is 4.42 Å². The number of furan rings is 1. The van der Waals surface area contributed by atoms with Crippen LogP contribution < -0.4 is 0 Å². The van der Waals surface area contributed by atoms with Gasteiger partial charge in [0, 0.05) is 5.56 Å². The molecule has 0 N–H and O–H groups in total. The molecule has 1 unspecified atom stereocenters. The Morgan fingerprint density at radius 2 is 1.82 bits per heavy atom. The number of benzene rings is 1. The summed E-state index contributed by atoms with van der Waals surface area (Å²) in [5.41, 5.74) is 5.35. The summed E-state index contributed by atoms with van der Waals surface area (Å²) in [4.78, 5) is 0.220. The van der Waals surface area contributed by atoms with E-state index in [0.29, 0.717) is 0 Å². The van der Waals surface area contributed by atoms with Crippen molar-refractivity contribution in [3.63, 3.8) is 0 Å². The Morgan fingerprint density at radius 1 is 1.06 bits per heavy atom. The highest BCUT2D eigenvalue weighted by Crippen LogP contribution is 2.32. The second-order valence-corrected chi connectivity index (χ2v) is 5.07. The van der Waals surface area contributed by atoms with E-state index in [1.165, 1.54) is 16.7 Å². The molecule has 0 aliphatic carbocycles. The van der Waals surface area contributed by atoms with Gasteiger partial charge in [-0.2, -0.15) is 0 Å². The lowest BCUT2D eigenvalue weighted by molar-refractivity contribution is 0.564. The van der Waals surface area contributed by atoms with E-state index in [9.17, 15) is 0 Å². The number of alkyl halides is 1. The summed E-state index contributed by atoms with van der Waals surface area (Å²) in [5.74, 6) is 0. The van der Waals surface area contributed by atoms with Gasteiger partial charge in [-0.1, -0.05) is 48.0 Å². The number of rotatable bonds is 4. The number of aryl methyl sites for hydroxylation is 2. The van der Waals surface area contributed by atoms with Crippen LogP contribution in [0.2, 0.25) is 0 Å². The van der Waals surface area contributed by atoms with Crippen LogP contribution in [0.4, 0.5) is 0 Å². The molecule has 2 heteroatoms. The maximum atomic E-state index is 5.13. The maximum Gasteiger partial charge on any atom is 0.0949 e. The zero-order chi connectivity index (χ0) is 12.3. The zero-order valence-electron chi connectivity index (χ0n) is 10.2. The molecule has 1 nitrogen and oxygen atoms in total. The van der Waals surface area contributed by atoms with Crippen molar-refractivity contribution in [1.82, 2.24) is 0 Å². The summed E-state index contributed by atoms with van der Waals surface area (Å²) >= 11 is 3.72. The second kappa shape index (κ2) is 5.54. The Morgan fingerprint density at radius 3 is 2.41 bits per heavy atom. The number of hydrogen-bond donors (Lipinski definition) is 0. The Bertz CT molecular complexity index is 474. The quantitative estimate of drug-likeness (QED) is 0.732. The Labute approximate surface area is 111 Å². The van der Waals surface area contributed by atoms with Gasteiger partial charge in [0.05, 0.1) is 17.4 Å². The van der Waals surface area contributed by atoms with Gasteiger partial charge in [0.15, 0.2) is 0 Å². The predicted octanol–water partition coefficient (Wildman–Crippen LogP) is 4.89. The van der Waals surface area contributed by atoms with Crippen molar-refractivity contribution in [3.05, 3.63) is 59.0 Å². The Kier molecular flexibility index (Phi) is 4.06. The van der Waals surface area contributed by atoms with Crippen LogP contribution in [0.15, 0.2) is 41.2 Å². The highest BCUT2D eigenvalue weighted by molar-refractivity contribution is 9.09. The third-order valence-electron chi connectivity index (χ3n) is 3.12. The molecule has 0 bridgehead atoms. The monoisotopic (exact) mass is 292 g/mol. The summed E-state index contributed by atoms with van der Waals surface area (Å²) in [6.07, 6.45) is 5.69. The van der Waals surface area contributed by atoms with Gasteiger partial charge in [-0.15, -0.1) is 0 Å². The van der Waals surface area contributed by atoms with Gasteiger partial charge >= 0.3 is 0 Å². The first-order valence-corrected chi connectivity index (χ1v) is 6.95. The van der Waals surface area contributed by atoms with E-state index >= 15 is 0 Å². The van der Waals surface area contributed by atoms with Crippen molar-refractivity contribution in [2.45, 2.75) is 31.5 Å². The molecular formula is C15H17BrO. The Hall–Kier alpha value is -1.02. The van der Waals surface area contributed by atoms with Crippen molar-refractivity contribution in [1.29, 1.82) is 0 Å². The van der Waals surface area contributed by atoms with Crippen molar-refractivity contribution in [2.75, 3.05) is 0 Å². The van der Waals surface area contributed by atoms with Crippen LogP contribution >= 0.6 is 15.9 Å². The van der Waals surface area contributed by atoms with Gasteiger partial charge in [0.2, 0.25) is 0 Å². The van der Waals surface area contributed by atoms with Crippen LogP contribution in [0.5, 0.6) is 0 Å². The first-order valence-electron chi connectivity index (χ1n) is 6.04. The van der Waals surface area contributed by atoms with Gasteiger partial charge in [-0.25, -0.2) is 0 Å². The maximum absolute atomic E-state index is 5.13. The molecule has 1 aromatic carbocycles. The summed E-state index contributed by atoms with van der Waals surface area (Å²) in [7, 11) is 0. The lowest BCUT2D eigenvalue weighted by atomic mass is 9.97. The lowest BCUT2D eigenvalue weighted by Gasteiger charge is -2.12. The standard InChI is InChI=1S/C15H17BrO/c1-3-11-5-6-13(9-12(11)4-2)15(16)14-7-8-17-10-14/h5-10,15H,3-4H2,1-2H3. The van der Waals surface area contributed by atoms with E-state index in [-0.39, 0.29) is 4.83 Å². The molecule has 17 heavy (non-hydrogen) atoms. The minimum Gasteiger partial charge on any atom is -0.472 e. The van der Waals surface area contributed by atoms with Crippen LogP contribution in [0, 0.1) is 0 Å². The number of halogens is 1. The second-order valence-electron chi connectivity index (χ2n) is 4.15. The molecule has 2 rings (SSSR count). The fraction of sp³-hybridized carbons (Fsp3) is 0.333. The van der Waals surface area contributed by atoms with E-state index in [1.807, 2.05) is 6.07 Å². The van der Waals surface area contributed by atoms with E-state index in [4.69, 9.17) is 4.42 Å². The molecule has 2 aromatic rings. The summed E-state index contributed by atoms with van der Waals surface area (Å²) in [6, 6.07) is 8.73. The third kappa shape index (κ3) is 2.63. The molecule has 1 atom stereocenters. The van der Waals surface area contributed by atoms with E-state index in [0.717, 1.165) is 18.4 Å². The summed E-state index contributed by atoms with van der Waals surface area (Å²) < 4.78 is 5.13. The van der Waals surface area contributed by atoms with Crippen molar-refractivity contribution in [3.8, 4) is 0 Å².